The van der Waals surface area contributed by atoms with Gasteiger partial charge in [-0.2, -0.15) is 13.2 Å². The van der Waals surface area contributed by atoms with Gasteiger partial charge in [0.25, 0.3) is 5.56 Å². The molecule has 0 aliphatic carbocycles. The van der Waals surface area contributed by atoms with Crippen LogP contribution in [0.15, 0.2) is 71.7 Å². The number of hydrogen-bond acceptors (Lipinski definition) is 5. The zero-order valence-corrected chi connectivity index (χ0v) is 20.2. The number of pyridine rings is 1. The molecule has 0 saturated heterocycles. The molecule has 0 fully saturated rings. The molecule has 1 atom stereocenters. The number of ether oxygens (including phenoxy) is 1. The molecule has 0 saturated carbocycles. The molecule has 2 aromatic heterocycles. The van der Waals surface area contributed by atoms with Gasteiger partial charge in [0.2, 0.25) is 11.8 Å². The number of nitrogens with one attached hydrogen (secondary N) is 1. The predicted molar refractivity (Wildman–Crippen MR) is 129 cm³/mol. The lowest BCUT2D eigenvalue weighted by atomic mass is 10.1. The van der Waals surface area contributed by atoms with E-state index in [1.807, 2.05) is 0 Å². The fraction of sp³-hybridized carbons (Fsp3) is 0.231. The number of alkyl halides is 6. The van der Waals surface area contributed by atoms with E-state index in [0.717, 1.165) is 24.4 Å². The van der Waals surface area contributed by atoms with Crippen molar-refractivity contribution in [2.24, 2.45) is 0 Å². The molecule has 4 rings (SSSR count). The van der Waals surface area contributed by atoms with E-state index in [9.17, 15) is 35.9 Å². The number of amides is 1. The summed E-state index contributed by atoms with van der Waals surface area (Å²) in [5.41, 5.74) is 0.143. The van der Waals surface area contributed by atoms with Crippen molar-refractivity contribution in [3.63, 3.8) is 0 Å². The maximum absolute atomic E-state index is 12.9. The molecule has 204 valence electrons. The summed E-state index contributed by atoms with van der Waals surface area (Å²) in [6, 6.07) is 12.3. The zero-order valence-electron chi connectivity index (χ0n) is 20.2. The first-order valence-electron chi connectivity index (χ1n) is 11.5. The van der Waals surface area contributed by atoms with Gasteiger partial charge in [0, 0.05) is 18.2 Å². The monoisotopic (exact) mass is 550 g/mol. The summed E-state index contributed by atoms with van der Waals surface area (Å²) < 4.78 is 81.6. The molecular weight excluding hydrogens is 530 g/mol. The van der Waals surface area contributed by atoms with Crippen LogP contribution in [0.5, 0.6) is 5.88 Å². The van der Waals surface area contributed by atoms with Gasteiger partial charge in [-0.15, -0.1) is 13.2 Å². The van der Waals surface area contributed by atoms with Gasteiger partial charge >= 0.3 is 12.5 Å². The minimum atomic E-state index is -4.93. The molecule has 0 radical (unpaired) electrons. The molecule has 2 aromatic carbocycles. The third-order valence-electron chi connectivity index (χ3n) is 5.75. The Morgan fingerprint density at radius 2 is 1.77 bits per heavy atom. The Balaban J connectivity index is 1.51. The van der Waals surface area contributed by atoms with Crippen LogP contribution in [0, 0.1) is 0 Å². The average Bonchev–Trinajstić information content (AvgIpc) is 2.86. The van der Waals surface area contributed by atoms with E-state index in [4.69, 9.17) is 0 Å². The predicted octanol–water partition coefficient (Wildman–Crippen LogP) is 5.89. The number of halogens is 6. The van der Waals surface area contributed by atoms with Crippen LogP contribution < -0.4 is 15.6 Å². The van der Waals surface area contributed by atoms with Crippen molar-refractivity contribution in [1.82, 2.24) is 14.5 Å². The SMILES string of the molecule is C[C@@H](c1cccc(OC(F)(F)F)n1)n1c(=O)cnc2cc(NC(=O)CCc3cccc(C(F)(F)F)c3)ccc21. The topological polar surface area (TPSA) is 86.1 Å². The van der Waals surface area contributed by atoms with Crippen LogP contribution in [0.3, 0.4) is 0 Å². The molecule has 0 aliphatic rings. The van der Waals surface area contributed by atoms with Crippen LogP contribution in [0.2, 0.25) is 0 Å². The smallest absolute Gasteiger partial charge is 0.388 e. The lowest BCUT2D eigenvalue weighted by molar-refractivity contribution is -0.276. The van der Waals surface area contributed by atoms with Crippen molar-refractivity contribution in [2.45, 2.75) is 38.3 Å². The first kappa shape index (κ1) is 27.6. The summed E-state index contributed by atoms with van der Waals surface area (Å²) in [5.74, 6) is -1.12. The van der Waals surface area contributed by atoms with Gasteiger partial charge in [0.15, 0.2) is 0 Å². The Morgan fingerprint density at radius 1 is 1.03 bits per heavy atom. The van der Waals surface area contributed by atoms with Crippen LogP contribution in [0.1, 0.15) is 36.2 Å². The van der Waals surface area contributed by atoms with Crippen LogP contribution in [-0.4, -0.2) is 26.8 Å². The lowest BCUT2D eigenvalue weighted by Crippen LogP contribution is -2.25. The van der Waals surface area contributed by atoms with Crippen LogP contribution >= 0.6 is 0 Å². The second kappa shape index (κ2) is 10.8. The lowest BCUT2D eigenvalue weighted by Gasteiger charge is -2.18. The molecule has 13 heteroatoms. The second-order valence-corrected chi connectivity index (χ2v) is 8.54. The summed E-state index contributed by atoms with van der Waals surface area (Å²) in [5, 5.41) is 2.65. The number of nitrogens with zero attached hydrogens (tertiary/aromatic N) is 3. The minimum Gasteiger partial charge on any atom is -0.388 e. The van der Waals surface area contributed by atoms with Crippen molar-refractivity contribution in [1.29, 1.82) is 0 Å². The number of anilines is 1. The van der Waals surface area contributed by atoms with Gasteiger partial charge in [0.05, 0.1) is 34.5 Å². The van der Waals surface area contributed by atoms with Crippen molar-refractivity contribution < 1.29 is 35.9 Å². The maximum atomic E-state index is 12.9. The third kappa shape index (κ3) is 6.92. The number of aryl methyl sites for hydroxylation is 1. The molecule has 0 unspecified atom stereocenters. The van der Waals surface area contributed by atoms with Crippen LogP contribution in [0.25, 0.3) is 11.0 Å². The summed E-state index contributed by atoms with van der Waals surface area (Å²) in [6.45, 7) is 1.57. The highest BCUT2D eigenvalue weighted by Crippen LogP contribution is 2.30. The molecule has 1 N–H and O–H groups in total. The Bertz CT molecular complexity index is 1570. The first-order chi connectivity index (χ1) is 18.3. The van der Waals surface area contributed by atoms with E-state index in [1.165, 1.54) is 47.0 Å². The number of rotatable bonds is 7. The molecule has 7 nitrogen and oxygen atoms in total. The van der Waals surface area contributed by atoms with Crippen molar-refractivity contribution >= 4 is 22.6 Å². The molecule has 39 heavy (non-hydrogen) atoms. The average molecular weight is 550 g/mol. The zero-order chi connectivity index (χ0) is 28.4. The number of carbonyl (C=O) groups is 1. The minimum absolute atomic E-state index is 0.0781. The molecule has 0 aliphatic heterocycles. The van der Waals surface area contributed by atoms with E-state index in [0.29, 0.717) is 22.3 Å². The van der Waals surface area contributed by atoms with Gasteiger partial charge in [-0.25, -0.2) is 9.97 Å². The van der Waals surface area contributed by atoms with Gasteiger partial charge in [-0.1, -0.05) is 24.3 Å². The van der Waals surface area contributed by atoms with Crippen LogP contribution in [0.4, 0.5) is 32.0 Å². The number of fused-ring (bicyclic) bond motifs is 1. The second-order valence-electron chi connectivity index (χ2n) is 8.54. The van der Waals surface area contributed by atoms with Gasteiger partial charge in [0.1, 0.15) is 0 Å². The largest absolute Gasteiger partial charge is 0.574 e. The number of benzene rings is 2. The molecule has 2 heterocycles. The molecular formula is C26H20F6N4O3. The fourth-order valence-corrected chi connectivity index (χ4v) is 3.97. The summed E-state index contributed by atoms with van der Waals surface area (Å²) in [7, 11) is 0. The highest BCUT2D eigenvalue weighted by Gasteiger charge is 2.32. The maximum Gasteiger partial charge on any atom is 0.574 e. The standard InChI is InChI=1S/C26H20F6N4O3/c1-15(19-6-3-7-23(35-19)39-26(30,31)32)36-21-10-9-18(13-20(21)33-14-24(36)38)34-22(37)11-8-16-4-2-5-17(12-16)25(27,28)29/h2-7,9-10,12-15H,8,11H2,1H3,(H,34,37)/t15-/m0/s1. The Morgan fingerprint density at radius 3 is 2.49 bits per heavy atom. The molecule has 0 spiro atoms. The Labute approximate surface area is 217 Å². The quantitative estimate of drug-likeness (QED) is 0.290. The number of aromatic nitrogens is 3. The summed E-state index contributed by atoms with van der Waals surface area (Å²) in [4.78, 5) is 33.0. The summed E-state index contributed by atoms with van der Waals surface area (Å²) >= 11 is 0. The Kier molecular flexibility index (Phi) is 7.61. The summed E-state index contributed by atoms with van der Waals surface area (Å²) in [6.07, 6.45) is -8.37. The van der Waals surface area contributed by atoms with E-state index in [-0.39, 0.29) is 18.5 Å². The van der Waals surface area contributed by atoms with Crippen molar-refractivity contribution in [2.75, 3.05) is 5.32 Å². The van der Waals surface area contributed by atoms with E-state index >= 15 is 0 Å². The number of hydrogen-bond donors (Lipinski definition) is 1. The van der Waals surface area contributed by atoms with Gasteiger partial charge in [-0.3, -0.25) is 14.2 Å². The highest BCUT2D eigenvalue weighted by atomic mass is 19.4. The van der Waals surface area contributed by atoms with Crippen molar-refractivity contribution in [3.05, 3.63) is 94.0 Å². The van der Waals surface area contributed by atoms with Crippen LogP contribution in [-0.2, 0) is 17.4 Å². The van der Waals surface area contributed by atoms with Gasteiger partial charge in [-0.05, 0) is 49.2 Å². The third-order valence-corrected chi connectivity index (χ3v) is 5.75. The molecule has 4 aromatic rings. The number of carbonyl (C=O) groups excluding carboxylic acids is 1. The Hall–Kier alpha value is -4.42. The van der Waals surface area contributed by atoms with E-state index in [2.05, 4.69) is 20.0 Å². The first-order valence-corrected chi connectivity index (χ1v) is 11.5. The van der Waals surface area contributed by atoms with E-state index < -0.39 is 41.5 Å². The highest BCUT2D eigenvalue weighted by molar-refractivity contribution is 5.93. The molecule has 0 bridgehead atoms. The fourth-order valence-electron chi connectivity index (χ4n) is 3.97. The van der Waals surface area contributed by atoms with Crippen molar-refractivity contribution in [3.8, 4) is 5.88 Å². The van der Waals surface area contributed by atoms with Gasteiger partial charge < -0.3 is 10.1 Å². The normalized spacial score (nSPS) is 12.8. The molecule has 1 amide bonds. The van der Waals surface area contributed by atoms with E-state index in [1.54, 1.807) is 6.92 Å².